The number of nitrogens with one attached hydrogen (secondary N) is 1. The van der Waals surface area contributed by atoms with Crippen LogP contribution in [0.4, 0.5) is 4.39 Å². The summed E-state index contributed by atoms with van der Waals surface area (Å²) >= 11 is 0. The molecule has 0 radical (unpaired) electrons. The Labute approximate surface area is 133 Å². The average molecular weight is 308 g/mol. The highest BCUT2D eigenvalue weighted by Crippen LogP contribution is 2.23. The third-order valence-corrected chi connectivity index (χ3v) is 3.64. The standard InChI is InChI=1S/C18H29FN2O/c1-3-13-22-18-14-16(9-10-17(18)19)15(2)21-12-8-6-4-5-7-11-20/h3,9-10,14-15,21H,1,4-8,11-13,20H2,2H3/t15-/m0/s1. The molecule has 1 atom stereocenters. The molecule has 0 aliphatic rings. The number of hydrogen-bond donors (Lipinski definition) is 2. The third kappa shape index (κ3) is 7.05. The Balaban J connectivity index is 2.35. The van der Waals surface area contributed by atoms with E-state index in [-0.39, 0.29) is 17.6 Å². The lowest BCUT2D eigenvalue weighted by Crippen LogP contribution is -2.20. The summed E-state index contributed by atoms with van der Waals surface area (Å²) < 4.78 is 18.9. The van der Waals surface area contributed by atoms with Gasteiger partial charge in [-0.25, -0.2) is 4.39 Å². The SMILES string of the molecule is C=CCOc1cc([C@H](C)NCCCCCCCN)ccc1F. The summed E-state index contributed by atoms with van der Waals surface area (Å²) in [7, 11) is 0. The van der Waals surface area contributed by atoms with Gasteiger partial charge in [0.2, 0.25) is 0 Å². The van der Waals surface area contributed by atoms with Crippen molar-refractivity contribution in [3.63, 3.8) is 0 Å². The predicted molar refractivity (Wildman–Crippen MR) is 90.6 cm³/mol. The van der Waals surface area contributed by atoms with Crippen LogP contribution in [0.1, 0.15) is 50.6 Å². The summed E-state index contributed by atoms with van der Waals surface area (Å²) in [4.78, 5) is 0. The van der Waals surface area contributed by atoms with Gasteiger partial charge in [0.1, 0.15) is 6.61 Å². The van der Waals surface area contributed by atoms with Crippen molar-refractivity contribution in [3.05, 3.63) is 42.2 Å². The lowest BCUT2D eigenvalue weighted by Gasteiger charge is -2.16. The van der Waals surface area contributed by atoms with Crippen LogP contribution in [-0.2, 0) is 0 Å². The highest BCUT2D eigenvalue weighted by atomic mass is 19.1. The van der Waals surface area contributed by atoms with Crippen molar-refractivity contribution in [2.45, 2.75) is 45.1 Å². The zero-order valence-electron chi connectivity index (χ0n) is 13.6. The topological polar surface area (TPSA) is 47.3 Å². The fraction of sp³-hybridized carbons (Fsp3) is 0.556. The quantitative estimate of drug-likeness (QED) is 0.454. The molecule has 0 saturated heterocycles. The van der Waals surface area contributed by atoms with Gasteiger partial charge in [-0.05, 0) is 50.6 Å². The molecule has 0 aliphatic heterocycles. The minimum absolute atomic E-state index is 0.177. The van der Waals surface area contributed by atoms with Crippen LogP contribution in [0.3, 0.4) is 0 Å². The van der Waals surface area contributed by atoms with Gasteiger partial charge >= 0.3 is 0 Å². The van der Waals surface area contributed by atoms with Crippen molar-refractivity contribution >= 4 is 0 Å². The summed E-state index contributed by atoms with van der Waals surface area (Å²) in [6.45, 7) is 7.72. The third-order valence-electron chi connectivity index (χ3n) is 3.64. The first kappa shape index (κ1) is 18.7. The number of nitrogens with two attached hydrogens (primary N) is 1. The van der Waals surface area contributed by atoms with Crippen molar-refractivity contribution in [1.82, 2.24) is 5.32 Å². The van der Waals surface area contributed by atoms with E-state index >= 15 is 0 Å². The van der Waals surface area contributed by atoms with E-state index in [9.17, 15) is 4.39 Å². The van der Waals surface area contributed by atoms with Crippen LogP contribution in [0.5, 0.6) is 5.75 Å². The van der Waals surface area contributed by atoms with Crippen molar-refractivity contribution in [3.8, 4) is 5.75 Å². The normalized spacial score (nSPS) is 12.1. The Kier molecular flexibility index (Phi) is 9.51. The van der Waals surface area contributed by atoms with Crippen LogP contribution in [0.15, 0.2) is 30.9 Å². The van der Waals surface area contributed by atoms with E-state index in [1.54, 1.807) is 18.2 Å². The number of unbranched alkanes of at least 4 members (excludes halogenated alkanes) is 4. The van der Waals surface area contributed by atoms with Crippen molar-refractivity contribution in [2.75, 3.05) is 19.7 Å². The molecule has 0 aromatic heterocycles. The van der Waals surface area contributed by atoms with Gasteiger partial charge in [0.05, 0.1) is 0 Å². The minimum atomic E-state index is -0.335. The number of ether oxygens (including phenoxy) is 1. The summed E-state index contributed by atoms with van der Waals surface area (Å²) in [5.41, 5.74) is 6.50. The molecule has 0 spiro atoms. The Morgan fingerprint density at radius 2 is 2.00 bits per heavy atom. The van der Waals surface area contributed by atoms with Gasteiger partial charge in [0.15, 0.2) is 11.6 Å². The molecule has 1 aromatic carbocycles. The maximum Gasteiger partial charge on any atom is 0.165 e. The molecule has 124 valence electrons. The second-order valence-electron chi connectivity index (χ2n) is 5.52. The fourth-order valence-corrected chi connectivity index (χ4v) is 2.28. The zero-order valence-corrected chi connectivity index (χ0v) is 13.6. The molecule has 1 rings (SSSR count). The van der Waals surface area contributed by atoms with E-state index in [0.29, 0.717) is 6.61 Å². The molecule has 0 saturated carbocycles. The lowest BCUT2D eigenvalue weighted by atomic mass is 10.1. The van der Waals surface area contributed by atoms with Gasteiger partial charge in [-0.15, -0.1) is 0 Å². The van der Waals surface area contributed by atoms with E-state index in [4.69, 9.17) is 10.5 Å². The summed E-state index contributed by atoms with van der Waals surface area (Å²) in [6, 6.07) is 5.20. The van der Waals surface area contributed by atoms with E-state index in [0.717, 1.165) is 31.5 Å². The molecule has 0 aliphatic carbocycles. The molecule has 3 N–H and O–H groups in total. The predicted octanol–water partition coefficient (Wildman–Crippen LogP) is 3.95. The molecule has 0 fully saturated rings. The molecule has 0 amide bonds. The van der Waals surface area contributed by atoms with E-state index in [1.165, 1.54) is 25.3 Å². The largest absolute Gasteiger partial charge is 0.486 e. The van der Waals surface area contributed by atoms with Crippen LogP contribution >= 0.6 is 0 Å². The highest BCUT2D eigenvalue weighted by Gasteiger charge is 2.09. The van der Waals surface area contributed by atoms with Crippen LogP contribution < -0.4 is 15.8 Å². The Morgan fingerprint density at radius 3 is 2.73 bits per heavy atom. The van der Waals surface area contributed by atoms with Crippen LogP contribution in [0.25, 0.3) is 0 Å². The fourth-order valence-electron chi connectivity index (χ4n) is 2.28. The Bertz CT molecular complexity index is 437. The number of benzene rings is 1. The number of rotatable bonds is 12. The smallest absolute Gasteiger partial charge is 0.165 e. The molecule has 0 bridgehead atoms. The Hall–Kier alpha value is -1.39. The van der Waals surface area contributed by atoms with Gasteiger partial charge < -0.3 is 15.8 Å². The average Bonchev–Trinajstić information content (AvgIpc) is 2.53. The van der Waals surface area contributed by atoms with Gasteiger partial charge in [-0.3, -0.25) is 0 Å². The molecular formula is C18H29FN2O. The van der Waals surface area contributed by atoms with Crippen molar-refractivity contribution in [1.29, 1.82) is 0 Å². The monoisotopic (exact) mass is 308 g/mol. The van der Waals surface area contributed by atoms with Crippen LogP contribution in [0.2, 0.25) is 0 Å². The second kappa shape index (κ2) is 11.2. The van der Waals surface area contributed by atoms with Gasteiger partial charge in [-0.1, -0.05) is 38.0 Å². The van der Waals surface area contributed by atoms with Crippen LogP contribution in [-0.4, -0.2) is 19.7 Å². The van der Waals surface area contributed by atoms with Gasteiger partial charge in [0, 0.05) is 6.04 Å². The summed E-state index contributed by atoms with van der Waals surface area (Å²) in [5, 5.41) is 3.47. The molecular weight excluding hydrogens is 279 g/mol. The van der Waals surface area contributed by atoms with E-state index < -0.39 is 0 Å². The van der Waals surface area contributed by atoms with Crippen LogP contribution in [0, 0.1) is 5.82 Å². The first-order valence-electron chi connectivity index (χ1n) is 8.15. The molecule has 4 heteroatoms. The van der Waals surface area contributed by atoms with E-state index in [1.807, 2.05) is 0 Å². The maximum atomic E-state index is 13.6. The molecule has 0 heterocycles. The van der Waals surface area contributed by atoms with Crippen molar-refractivity contribution in [2.24, 2.45) is 5.73 Å². The van der Waals surface area contributed by atoms with E-state index in [2.05, 4.69) is 18.8 Å². The zero-order chi connectivity index (χ0) is 16.2. The maximum absolute atomic E-state index is 13.6. The molecule has 0 unspecified atom stereocenters. The lowest BCUT2D eigenvalue weighted by molar-refractivity contribution is 0.341. The van der Waals surface area contributed by atoms with Gasteiger partial charge in [-0.2, -0.15) is 0 Å². The Morgan fingerprint density at radius 1 is 1.27 bits per heavy atom. The first-order valence-corrected chi connectivity index (χ1v) is 8.15. The van der Waals surface area contributed by atoms with Crippen molar-refractivity contribution < 1.29 is 9.13 Å². The minimum Gasteiger partial charge on any atom is -0.486 e. The number of hydrogen-bond acceptors (Lipinski definition) is 3. The molecule has 22 heavy (non-hydrogen) atoms. The van der Waals surface area contributed by atoms with Gasteiger partial charge in [0.25, 0.3) is 0 Å². The summed E-state index contributed by atoms with van der Waals surface area (Å²) in [6.07, 6.45) is 7.55. The number of halogens is 1. The second-order valence-corrected chi connectivity index (χ2v) is 5.52. The highest BCUT2D eigenvalue weighted by molar-refractivity contribution is 5.32. The summed E-state index contributed by atoms with van der Waals surface area (Å²) in [5.74, 6) is -0.0504. The molecule has 1 aromatic rings. The first-order chi connectivity index (χ1) is 10.7. The molecule has 3 nitrogen and oxygen atoms in total.